The number of carbonyl (C=O) groups is 1. The van der Waals surface area contributed by atoms with Gasteiger partial charge in [-0.3, -0.25) is 9.79 Å². The second kappa shape index (κ2) is 13.6. The maximum Gasteiger partial charge on any atom is 0.217 e. The zero-order valence-electron chi connectivity index (χ0n) is 17.3. The third kappa shape index (κ3) is 8.98. The fourth-order valence-corrected chi connectivity index (χ4v) is 4.34. The van der Waals surface area contributed by atoms with E-state index in [1.54, 1.807) is 0 Å². The van der Waals surface area contributed by atoms with Crippen molar-refractivity contribution < 1.29 is 4.79 Å². The fraction of sp³-hybridized carbons (Fsp3) is 0.900. The molecule has 7 heteroatoms. The van der Waals surface area contributed by atoms with Gasteiger partial charge in [0.15, 0.2) is 5.96 Å². The number of primary amides is 1. The van der Waals surface area contributed by atoms with Gasteiger partial charge in [-0.1, -0.05) is 19.3 Å². The van der Waals surface area contributed by atoms with Crippen LogP contribution >= 0.6 is 24.0 Å². The van der Waals surface area contributed by atoms with Gasteiger partial charge < -0.3 is 20.9 Å². The number of hydrogen-bond donors (Lipinski definition) is 2. The maximum absolute atomic E-state index is 11.2. The first kappa shape index (κ1) is 24.5. The van der Waals surface area contributed by atoms with E-state index in [1.807, 2.05) is 0 Å². The molecule has 0 bridgehead atoms. The normalized spacial score (nSPS) is 21.8. The minimum atomic E-state index is -0.190. The lowest BCUT2D eigenvalue weighted by Crippen LogP contribution is -2.47. The highest BCUT2D eigenvalue weighted by atomic mass is 127. The Hall–Kier alpha value is -0.570. The van der Waals surface area contributed by atoms with Crippen molar-refractivity contribution in [1.29, 1.82) is 0 Å². The lowest BCUT2D eigenvalue weighted by atomic mass is 9.94. The van der Waals surface area contributed by atoms with Gasteiger partial charge in [0.25, 0.3) is 0 Å². The molecule has 0 aromatic carbocycles. The molecule has 158 valence electrons. The Kier molecular flexibility index (Phi) is 12.3. The molecule has 0 radical (unpaired) electrons. The van der Waals surface area contributed by atoms with Crippen LogP contribution in [0.15, 0.2) is 4.99 Å². The van der Waals surface area contributed by atoms with E-state index in [0.717, 1.165) is 64.0 Å². The summed E-state index contributed by atoms with van der Waals surface area (Å²) >= 11 is 0. The van der Waals surface area contributed by atoms with Crippen LogP contribution < -0.4 is 11.1 Å². The van der Waals surface area contributed by atoms with Gasteiger partial charge in [0, 0.05) is 38.6 Å². The van der Waals surface area contributed by atoms with Crippen molar-refractivity contribution in [2.24, 2.45) is 16.6 Å². The van der Waals surface area contributed by atoms with Gasteiger partial charge in [0.05, 0.1) is 0 Å². The maximum atomic E-state index is 11.2. The molecule has 1 saturated carbocycles. The Morgan fingerprint density at radius 2 is 1.96 bits per heavy atom. The smallest absolute Gasteiger partial charge is 0.217 e. The number of rotatable bonds is 8. The molecule has 1 atom stereocenters. The monoisotopic (exact) mass is 493 g/mol. The molecular weight excluding hydrogens is 453 g/mol. The molecule has 0 aromatic rings. The molecule has 3 N–H and O–H groups in total. The van der Waals surface area contributed by atoms with Crippen molar-refractivity contribution in [2.75, 3.05) is 39.8 Å². The van der Waals surface area contributed by atoms with Gasteiger partial charge in [-0.2, -0.15) is 0 Å². The zero-order chi connectivity index (χ0) is 18.8. The Morgan fingerprint density at radius 3 is 2.63 bits per heavy atom. The summed E-state index contributed by atoms with van der Waals surface area (Å²) in [6.45, 7) is 6.86. The molecule has 6 nitrogen and oxygen atoms in total. The predicted octanol–water partition coefficient (Wildman–Crippen LogP) is 2.81. The molecule has 0 spiro atoms. The topological polar surface area (TPSA) is 74.0 Å². The first-order valence-electron chi connectivity index (χ1n) is 10.6. The number of guanidine groups is 1. The molecule has 0 aromatic heterocycles. The van der Waals surface area contributed by atoms with Crippen molar-refractivity contribution in [3.05, 3.63) is 0 Å². The number of hydrogen-bond acceptors (Lipinski definition) is 3. The van der Waals surface area contributed by atoms with Crippen LogP contribution in [-0.4, -0.2) is 67.5 Å². The third-order valence-electron chi connectivity index (χ3n) is 5.77. The quantitative estimate of drug-likeness (QED) is 0.236. The number of nitrogens with zero attached hydrogens (tertiary/aromatic N) is 3. The van der Waals surface area contributed by atoms with Crippen LogP contribution in [0.4, 0.5) is 0 Å². The van der Waals surface area contributed by atoms with E-state index >= 15 is 0 Å². The molecule has 1 heterocycles. The first-order chi connectivity index (χ1) is 12.6. The first-order valence-corrected chi connectivity index (χ1v) is 10.6. The van der Waals surface area contributed by atoms with Crippen LogP contribution in [-0.2, 0) is 4.79 Å². The number of nitrogens with one attached hydrogen (secondary N) is 1. The molecular formula is C20H40IN5O. The van der Waals surface area contributed by atoms with Crippen LogP contribution in [0.2, 0.25) is 0 Å². The average molecular weight is 493 g/mol. The number of halogens is 1. The van der Waals surface area contributed by atoms with Gasteiger partial charge in [-0.05, 0) is 58.5 Å². The van der Waals surface area contributed by atoms with Gasteiger partial charge >= 0.3 is 0 Å². The number of piperidine rings is 1. The van der Waals surface area contributed by atoms with Gasteiger partial charge in [0.2, 0.25) is 5.91 Å². The minimum absolute atomic E-state index is 0. The fourth-order valence-electron chi connectivity index (χ4n) is 4.34. The standard InChI is InChI=1S/C20H39N5O.HI/c1-3-22-20(25-14-7-9-17(16-25)15-19(21)26)23-12-8-13-24(2)18-10-5-4-6-11-18;/h17-18H,3-16H2,1-2H3,(H2,21,26)(H,22,23);1H. The Balaban J connectivity index is 0.00000364. The Bertz CT molecular complexity index is 454. The van der Waals surface area contributed by atoms with Crippen molar-refractivity contribution in [1.82, 2.24) is 15.1 Å². The summed E-state index contributed by atoms with van der Waals surface area (Å²) in [6, 6.07) is 0.776. The Morgan fingerprint density at radius 1 is 1.22 bits per heavy atom. The summed E-state index contributed by atoms with van der Waals surface area (Å²) in [5.41, 5.74) is 5.38. The highest BCUT2D eigenvalue weighted by Gasteiger charge is 2.23. The number of likely N-dealkylation sites (tertiary alicyclic amines) is 1. The number of amides is 1. The van der Waals surface area contributed by atoms with Crippen molar-refractivity contribution >= 4 is 35.8 Å². The summed E-state index contributed by atoms with van der Waals surface area (Å²) < 4.78 is 0. The second-order valence-electron chi connectivity index (χ2n) is 7.99. The highest BCUT2D eigenvalue weighted by Crippen LogP contribution is 2.22. The van der Waals surface area contributed by atoms with Crippen LogP contribution in [0.3, 0.4) is 0 Å². The molecule has 2 fully saturated rings. The number of aliphatic imine (C=N–C) groups is 1. The number of carbonyl (C=O) groups excluding carboxylic acids is 1. The van der Waals surface area contributed by atoms with Gasteiger partial charge in [0.1, 0.15) is 0 Å². The summed E-state index contributed by atoms with van der Waals surface area (Å²) in [7, 11) is 2.27. The highest BCUT2D eigenvalue weighted by molar-refractivity contribution is 14.0. The SMILES string of the molecule is CCNC(=NCCCN(C)C1CCCCC1)N1CCCC(CC(N)=O)C1.I. The molecule has 1 amide bonds. The molecule has 2 rings (SSSR count). The van der Waals surface area contributed by atoms with E-state index in [0.29, 0.717) is 12.3 Å². The van der Waals surface area contributed by atoms with E-state index in [1.165, 1.54) is 32.1 Å². The van der Waals surface area contributed by atoms with E-state index in [-0.39, 0.29) is 29.9 Å². The Labute approximate surface area is 182 Å². The summed E-state index contributed by atoms with van der Waals surface area (Å²) in [5, 5.41) is 3.42. The molecule has 1 aliphatic carbocycles. The lowest BCUT2D eigenvalue weighted by molar-refractivity contribution is -0.119. The largest absolute Gasteiger partial charge is 0.370 e. The predicted molar refractivity (Wildman–Crippen MR) is 124 cm³/mol. The van der Waals surface area contributed by atoms with Crippen LogP contribution in [0.5, 0.6) is 0 Å². The number of nitrogens with two attached hydrogens (primary N) is 1. The molecule has 2 aliphatic rings. The van der Waals surface area contributed by atoms with E-state index in [9.17, 15) is 4.79 Å². The van der Waals surface area contributed by atoms with Crippen molar-refractivity contribution in [2.45, 2.75) is 70.8 Å². The lowest BCUT2D eigenvalue weighted by Gasteiger charge is -2.34. The molecule has 1 aliphatic heterocycles. The van der Waals surface area contributed by atoms with Gasteiger partial charge in [-0.15, -0.1) is 24.0 Å². The summed E-state index contributed by atoms with van der Waals surface area (Å²) in [5.74, 6) is 1.18. The van der Waals surface area contributed by atoms with Crippen LogP contribution in [0.25, 0.3) is 0 Å². The molecule has 1 saturated heterocycles. The average Bonchev–Trinajstić information content (AvgIpc) is 2.64. The summed E-state index contributed by atoms with van der Waals surface area (Å²) in [4.78, 5) is 20.9. The zero-order valence-corrected chi connectivity index (χ0v) is 19.6. The van der Waals surface area contributed by atoms with E-state index in [2.05, 4.69) is 29.1 Å². The van der Waals surface area contributed by atoms with Crippen molar-refractivity contribution in [3.63, 3.8) is 0 Å². The van der Waals surface area contributed by atoms with Crippen LogP contribution in [0, 0.1) is 5.92 Å². The minimum Gasteiger partial charge on any atom is -0.370 e. The van der Waals surface area contributed by atoms with Gasteiger partial charge in [-0.25, -0.2) is 0 Å². The van der Waals surface area contributed by atoms with Crippen molar-refractivity contribution in [3.8, 4) is 0 Å². The molecule has 27 heavy (non-hydrogen) atoms. The van der Waals surface area contributed by atoms with E-state index < -0.39 is 0 Å². The second-order valence-corrected chi connectivity index (χ2v) is 7.99. The molecule has 1 unspecified atom stereocenters. The van der Waals surface area contributed by atoms with Crippen LogP contribution in [0.1, 0.15) is 64.7 Å². The third-order valence-corrected chi connectivity index (χ3v) is 5.77. The summed E-state index contributed by atoms with van der Waals surface area (Å²) in [6.07, 6.45) is 10.7. The van der Waals surface area contributed by atoms with E-state index in [4.69, 9.17) is 10.7 Å².